The van der Waals surface area contributed by atoms with Crippen LogP contribution in [0.3, 0.4) is 0 Å². The van der Waals surface area contributed by atoms with Crippen LogP contribution in [0.2, 0.25) is 0 Å². The first kappa shape index (κ1) is 59.3. The molecule has 0 aliphatic heterocycles. The summed E-state index contributed by atoms with van der Waals surface area (Å²) in [6, 6.07) is 130. The standard InChI is InChI=1S/2C44H36N2/c1-33-10-9-15-44(32-33)45(2)40-24-16-38(17-25-40)39-22-30-43(31-23-39)46(41-26-18-36(19-27-41)34-11-5-3-6-12-34)42-28-20-37(21-29-42)35-13-7-4-8-14-35;1-33-13-23-40(24-14-33)45(2)41-25-15-38(16-26-41)39-21-31-44(32-22-39)46(42-27-17-36(18-28-42)34-9-5-3-6-10-34)43-29-19-37(20-30-43)35-11-7-4-8-12-35/h2*3-32H,1-2H3. The van der Waals surface area contributed by atoms with Gasteiger partial charge in [-0.3, -0.25) is 0 Å². The largest absolute Gasteiger partial charge is 0.345 e. The average Bonchev–Trinajstić information content (AvgIpc) is 0.968. The number of hydrogen-bond donors (Lipinski definition) is 0. The van der Waals surface area contributed by atoms with Crippen LogP contribution in [0.25, 0.3) is 66.8 Å². The summed E-state index contributed by atoms with van der Waals surface area (Å²) in [7, 11) is 4.23. The van der Waals surface area contributed by atoms with E-state index < -0.39 is 0 Å². The predicted molar refractivity (Wildman–Crippen MR) is 393 cm³/mol. The van der Waals surface area contributed by atoms with Gasteiger partial charge in [0.25, 0.3) is 0 Å². The molecule has 0 aromatic heterocycles. The number of benzene rings is 14. The van der Waals surface area contributed by atoms with E-state index in [9.17, 15) is 0 Å². The predicted octanol–water partition coefficient (Wildman–Crippen LogP) is 24.5. The van der Waals surface area contributed by atoms with Gasteiger partial charge in [-0.2, -0.15) is 0 Å². The number of rotatable bonds is 16. The molecule has 14 aromatic rings. The second kappa shape index (κ2) is 27.8. The quantitative estimate of drug-likeness (QED) is 0.0956. The normalized spacial score (nSPS) is 10.8. The Bertz CT molecular complexity index is 4450. The molecule has 0 aliphatic rings. The first-order chi connectivity index (χ1) is 45.2. The zero-order chi connectivity index (χ0) is 62.6. The Labute approximate surface area is 543 Å². The van der Waals surface area contributed by atoms with E-state index in [1.807, 2.05) is 0 Å². The fourth-order valence-corrected chi connectivity index (χ4v) is 11.9. The zero-order valence-electron chi connectivity index (χ0n) is 52.4. The lowest BCUT2D eigenvalue weighted by atomic mass is 10.0. The SMILES string of the molecule is Cc1ccc(N(C)c2ccc(-c3ccc(N(c4ccc(-c5ccccc5)cc4)c4ccc(-c5ccccc5)cc4)cc3)cc2)cc1.Cc1cccc(N(C)c2ccc(-c3ccc(N(c4ccc(-c5ccccc5)cc4)c4ccc(-c5ccccc5)cc4)cc3)cc2)c1. The van der Waals surface area contributed by atoms with E-state index >= 15 is 0 Å². The van der Waals surface area contributed by atoms with Gasteiger partial charge in [0.2, 0.25) is 0 Å². The minimum Gasteiger partial charge on any atom is -0.345 e. The summed E-state index contributed by atoms with van der Waals surface area (Å²) in [4.78, 5) is 9.10. The maximum atomic E-state index is 2.33. The molecule has 0 unspecified atom stereocenters. The van der Waals surface area contributed by atoms with Crippen molar-refractivity contribution in [2.75, 3.05) is 33.7 Å². The van der Waals surface area contributed by atoms with Crippen LogP contribution >= 0.6 is 0 Å². The lowest BCUT2D eigenvalue weighted by Crippen LogP contribution is -2.10. The lowest BCUT2D eigenvalue weighted by Gasteiger charge is -2.26. The van der Waals surface area contributed by atoms with E-state index in [1.165, 1.54) is 89.3 Å². The summed E-state index contributed by atoms with van der Waals surface area (Å²) in [5, 5.41) is 0. The Hall–Kier alpha value is -11.7. The van der Waals surface area contributed by atoms with Crippen molar-refractivity contribution in [3.05, 3.63) is 375 Å². The first-order valence-electron chi connectivity index (χ1n) is 31.5. The van der Waals surface area contributed by atoms with Gasteiger partial charge in [0, 0.05) is 71.0 Å². The molecular weight excluding hydrogens is 1110 g/mol. The Morgan fingerprint density at radius 2 is 0.348 bits per heavy atom. The molecular formula is C88H72N4. The van der Waals surface area contributed by atoms with E-state index in [-0.39, 0.29) is 0 Å². The maximum Gasteiger partial charge on any atom is 0.0462 e. The first-order valence-corrected chi connectivity index (χ1v) is 31.5. The second-order valence-corrected chi connectivity index (χ2v) is 23.3. The summed E-state index contributed by atoms with van der Waals surface area (Å²) in [6.07, 6.45) is 0. The molecule has 0 bridgehead atoms. The van der Waals surface area contributed by atoms with E-state index in [2.05, 4.69) is 412 Å². The molecule has 0 N–H and O–H groups in total. The van der Waals surface area contributed by atoms with Crippen LogP contribution in [-0.2, 0) is 0 Å². The van der Waals surface area contributed by atoms with Gasteiger partial charge in [-0.15, -0.1) is 0 Å². The van der Waals surface area contributed by atoms with Crippen LogP contribution in [0.4, 0.5) is 56.9 Å². The molecule has 0 heterocycles. The van der Waals surface area contributed by atoms with Gasteiger partial charge >= 0.3 is 0 Å². The highest BCUT2D eigenvalue weighted by atomic mass is 15.1. The van der Waals surface area contributed by atoms with Gasteiger partial charge in [0.1, 0.15) is 0 Å². The van der Waals surface area contributed by atoms with E-state index in [1.54, 1.807) is 0 Å². The molecule has 0 fully saturated rings. The molecule has 0 amide bonds. The van der Waals surface area contributed by atoms with Crippen molar-refractivity contribution in [2.45, 2.75) is 13.8 Å². The molecule has 14 rings (SSSR count). The molecule has 0 radical (unpaired) electrons. The van der Waals surface area contributed by atoms with Crippen molar-refractivity contribution in [3.63, 3.8) is 0 Å². The van der Waals surface area contributed by atoms with Crippen LogP contribution in [-0.4, -0.2) is 14.1 Å². The molecule has 0 saturated heterocycles. The summed E-state index contributed by atoms with van der Waals surface area (Å²) in [5.41, 5.74) is 28.3. The van der Waals surface area contributed by atoms with Gasteiger partial charge in [-0.05, 0) is 207 Å². The van der Waals surface area contributed by atoms with Crippen molar-refractivity contribution in [3.8, 4) is 66.8 Å². The Morgan fingerprint density at radius 1 is 0.152 bits per heavy atom. The smallest absolute Gasteiger partial charge is 0.0462 e. The molecule has 4 nitrogen and oxygen atoms in total. The van der Waals surface area contributed by atoms with Gasteiger partial charge < -0.3 is 19.6 Å². The van der Waals surface area contributed by atoms with Gasteiger partial charge in [-0.1, -0.05) is 248 Å². The fraction of sp³-hybridized carbons (Fsp3) is 0.0455. The van der Waals surface area contributed by atoms with Crippen LogP contribution in [0, 0.1) is 13.8 Å². The monoisotopic (exact) mass is 1180 g/mol. The summed E-state index contributed by atoms with van der Waals surface area (Å²) in [5.74, 6) is 0. The number of anilines is 10. The van der Waals surface area contributed by atoms with Gasteiger partial charge in [-0.25, -0.2) is 0 Å². The molecule has 0 saturated carbocycles. The zero-order valence-corrected chi connectivity index (χ0v) is 52.4. The van der Waals surface area contributed by atoms with E-state index in [0.29, 0.717) is 0 Å². The van der Waals surface area contributed by atoms with Crippen LogP contribution in [0.5, 0.6) is 0 Å². The molecule has 0 atom stereocenters. The van der Waals surface area contributed by atoms with Crippen molar-refractivity contribution >= 4 is 56.9 Å². The molecule has 0 aliphatic carbocycles. The van der Waals surface area contributed by atoms with Gasteiger partial charge in [0.05, 0.1) is 0 Å². The molecule has 14 aromatic carbocycles. The number of aryl methyl sites for hydroxylation is 2. The summed E-state index contributed by atoms with van der Waals surface area (Å²) in [6.45, 7) is 4.25. The van der Waals surface area contributed by atoms with Crippen molar-refractivity contribution in [1.29, 1.82) is 0 Å². The lowest BCUT2D eigenvalue weighted by molar-refractivity contribution is 1.20. The van der Waals surface area contributed by atoms with Crippen LogP contribution in [0.15, 0.2) is 364 Å². The third kappa shape index (κ3) is 13.8. The van der Waals surface area contributed by atoms with Crippen molar-refractivity contribution < 1.29 is 0 Å². The number of nitrogens with zero attached hydrogens (tertiary/aromatic N) is 4. The van der Waals surface area contributed by atoms with E-state index in [0.717, 1.165) is 45.5 Å². The van der Waals surface area contributed by atoms with E-state index in [4.69, 9.17) is 0 Å². The van der Waals surface area contributed by atoms with Crippen molar-refractivity contribution in [1.82, 2.24) is 0 Å². The highest BCUT2D eigenvalue weighted by Gasteiger charge is 2.17. The molecule has 444 valence electrons. The third-order valence-corrected chi connectivity index (χ3v) is 17.2. The highest BCUT2D eigenvalue weighted by Crippen LogP contribution is 2.41. The minimum absolute atomic E-state index is 1.11. The summed E-state index contributed by atoms with van der Waals surface area (Å²) >= 11 is 0. The Balaban J connectivity index is 0.000000168. The Morgan fingerprint density at radius 3 is 0.576 bits per heavy atom. The summed E-state index contributed by atoms with van der Waals surface area (Å²) < 4.78 is 0. The second-order valence-electron chi connectivity index (χ2n) is 23.3. The molecule has 92 heavy (non-hydrogen) atoms. The third-order valence-electron chi connectivity index (χ3n) is 17.2. The highest BCUT2D eigenvalue weighted by molar-refractivity contribution is 5.84. The Kier molecular flexibility index (Phi) is 17.9. The van der Waals surface area contributed by atoms with Crippen LogP contribution in [0.1, 0.15) is 11.1 Å². The molecule has 0 spiro atoms. The topological polar surface area (TPSA) is 13.0 Å². The average molecular weight is 1190 g/mol. The number of hydrogen-bond acceptors (Lipinski definition) is 4. The van der Waals surface area contributed by atoms with Crippen molar-refractivity contribution in [2.24, 2.45) is 0 Å². The minimum atomic E-state index is 1.11. The van der Waals surface area contributed by atoms with Crippen LogP contribution < -0.4 is 19.6 Å². The molecule has 4 heteroatoms. The van der Waals surface area contributed by atoms with Gasteiger partial charge in [0.15, 0.2) is 0 Å². The fourth-order valence-electron chi connectivity index (χ4n) is 11.9. The maximum absolute atomic E-state index is 2.33.